The van der Waals surface area contributed by atoms with Crippen LogP contribution in [0.4, 0.5) is 0 Å². The summed E-state index contributed by atoms with van der Waals surface area (Å²) in [4.78, 5) is 21.2. The molecular formula is C19H16N4O2. The third kappa shape index (κ3) is 2.89. The summed E-state index contributed by atoms with van der Waals surface area (Å²) in [7, 11) is 0. The fraction of sp³-hybridized carbons (Fsp3) is 0.105. The molecule has 0 amide bonds. The number of ether oxygens (including phenoxy) is 1. The molecule has 6 heteroatoms. The quantitative estimate of drug-likeness (QED) is 0.623. The van der Waals surface area contributed by atoms with E-state index in [1.807, 2.05) is 49.4 Å². The van der Waals surface area contributed by atoms with Crippen LogP contribution >= 0.6 is 0 Å². The number of benzene rings is 1. The SMILES string of the molecule is Cc1[nH]n2c(=O)cc(COc3ccccn3)nc2c1-c1ccccc1. The molecule has 0 unspecified atom stereocenters. The van der Waals surface area contributed by atoms with E-state index >= 15 is 0 Å². The highest BCUT2D eigenvalue weighted by Crippen LogP contribution is 2.26. The number of hydrogen-bond acceptors (Lipinski definition) is 4. The van der Waals surface area contributed by atoms with Gasteiger partial charge in [-0.3, -0.25) is 9.89 Å². The Kier molecular flexibility index (Phi) is 3.78. The van der Waals surface area contributed by atoms with Crippen molar-refractivity contribution in [1.29, 1.82) is 0 Å². The van der Waals surface area contributed by atoms with Crippen molar-refractivity contribution in [2.75, 3.05) is 0 Å². The van der Waals surface area contributed by atoms with Gasteiger partial charge in [0.1, 0.15) is 6.61 Å². The predicted octanol–water partition coefficient (Wildman–Crippen LogP) is 2.97. The van der Waals surface area contributed by atoms with Gasteiger partial charge in [-0.25, -0.2) is 14.5 Å². The molecule has 4 aromatic rings. The van der Waals surface area contributed by atoms with E-state index in [1.165, 1.54) is 10.6 Å². The summed E-state index contributed by atoms with van der Waals surface area (Å²) in [6, 6.07) is 16.8. The fourth-order valence-electron chi connectivity index (χ4n) is 2.80. The molecule has 0 bridgehead atoms. The van der Waals surface area contributed by atoms with E-state index < -0.39 is 0 Å². The smallest absolute Gasteiger partial charge is 0.273 e. The van der Waals surface area contributed by atoms with E-state index in [0.29, 0.717) is 17.2 Å². The van der Waals surface area contributed by atoms with Crippen LogP contribution in [0.2, 0.25) is 0 Å². The summed E-state index contributed by atoms with van der Waals surface area (Å²) < 4.78 is 7.08. The van der Waals surface area contributed by atoms with Crippen molar-refractivity contribution in [3.63, 3.8) is 0 Å². The highest BCUT2D eigenvalue weighted by molar-refractivity contribution is 5.79. The van der Waals surface area contributed by atoms with Crippen LogP contribution in [0.25, 0.3) is 16.8 Å². The Bertz CT molecular complexity index is 1070. The monoisotopic (exact) mass is 332 g/mol. The highest BCUT2D eigenvalue weighted by atomic mass is 16.5. The molecule has 0 fully saturated rings. The molecule has 0 atom stereocenters. The Hall–Kier alpha value is -3.41. The molecule has 0 spiro atoms. The summed E-state index contributed by atoms with van der Waals surface area (Å²) in [5, 5.41) is 3.08. The molecule has 124 valence electrons. The first-order valence-corrected chi connectivity index (χ1v) is 7.93. The third-order valence-corrected chi connectivity index (χ3v) is 3.92. The van der Waals surface area contributed by atoms with E-state index in [1.54, 1.807) is 12.3 Å². The number of hydrogen-bond donors (Lipinski definition) is 1. The van der Waals surface area contributed by atoms with E-state index in [0.717, 1.165) is 16.8 Å². The molecule has 3 aromatic heterocycles. The van der Waals surface area contributed by atoms with Crippen LogP contribution in [0, 0.1) is 6.92 Å². The van der Waals surface area contributed by atoms with Gasteiger partial charge < -0.3 is 4.74 Å². The first-order chi connectivity index (χ1) is 12.2. The van der Waals surface area contributed by atoms with Gasteiger partial charge in [-0.15, -0.1) is 0 Å². The molecule has 0 aliphatic heterocycles. The highest BCUT2D eigenvalue weighted by Gasteiger charge is 2.14. The largest absolute Gasteiger partial charge is 0.471 e. The molecular weight excluding hydrogens is 316 g/mol. The van der Waals surface area contributed by atoms with E-state index in [2.05, 4.69) is 15.1 Å². The molecule has 0 radical (unpaired) electrons. The average Bonchev–Trinajstić information content (AvgIpc) is 2.98. The molecule has 0 saturated carbocycles. The number of nitrogens with one attached hydrogen (secondary N) is 1. The van der Waals surface area contributed by atoms with Gasteiger partial charge >= 0.3 is 0 Å². The van der Waals surface area contributed by atoms with Crippen LogP contribution in [0.15, 0.2) is 65.6 Å². The van der Waals surface area contributed by atoms with Crippen LogP contribution in [0.1, 0.15) is 11.4 Å². The van der Waals surface area contributed by atoms with E-state index in [9.17, 15) is 4.79 Å². The summed E-state index contributed by atoms with van der Waals surface area (Å²) in [6.45, 7) is 2.11. The van der Waals surface area contributed by atoms with Crippen molar-refractivity contribution >= 4 is 5.65 Å². The molecule has 3 heterocycles. The summed E-state index contributed by atoms with van der Waals surface area (Å²) in [5.74, 6) is 0.498. The maximum absolute atomic E-state index is 12.4. The lowest BCUT2D eigenvalue weighted by Crippen LogP contribution is -2.16. The minimum atomic E-state index is -0.171. The second kappa shape index (κ2) is 6.24. The third-order valence-electron chi connectivity index (χ3n) is 3.92. The van der Waals surface area contributed by atoms with Crippen LogP contribution < -0.4 is 10.3 Å². The van der Waals surface area contributed by atoms with Gasteiger partial charge in [0.15, 0.2) is 5.65 Å². The zero-order valence-corrected chi connectivity index (χ0v) is 13.6. The Morgan fingerprint density at radius 1 is 1.12 bits per heavy atom. The molecule has 0 aliphatic rings. The molecule has 0 saturated heterocycles. The van der Waals surface area contributed by atoms with Gasteiger partial charge in [-0.2, -0.15) is 0 Å². The first-order valence-electron chi connectivity index (χ1n) is 7.93. The molecule has 1 aromatic carbocycles. The topological polar surface area (TPSA) is 72.3 Å². The van der Waals surface area contributed by atoms with E-state index in [-0.39, 0.29) is 12.2 Å². The lowest BCUT2D eigenvalue weighted by molar-refractivity contribution is 0.289. The van der Waals surface area contributed by atoms with Crippen LogP contribution in [0.3, 0.4) is 0 Å². The minimum Gasteiger partial charge on any atom is -0.471 e. The Balaban J connectivity index is 1.77. The van der Waals surface area contributed by atoms with Crippen molar-refractivity contribution in [2.45, 2.75) is 13.5 Å². The second-order valence-corrected chi connectivity index (χ2v) is 5.68. The Labute approximate surface area is 143 Å². The number of H-pyrrole nitrogens is 1. The number of pyridine rings is 1. The maximum atomic E-state index is 12.4. The van der Waals surface area contributed by atoms with Gasteiger partial charge in [-0.1, -0.05) is 36.4 Å². The molecule has 4 rings (SSSR count). The van der Waals surface area contributed by atoms with Gasteiger partial charge in [0, 0.05) is 29.6 Å². The van der Waals surface area contributed by atoms with Gasteiger partial charge in [-0.05, 0) is 18.6 Å². The van der Waals surface area contributed by atoms with Crippen molar-refractivity contribution in [1.82, 2.24) is 19.6 Å². The summed E-state index contributed by atoms with van der Waals surface area (Å²) in [6.07, 6.45) is 1.66. The van der Waals surface area contributed by atoms with Gasteiger partial charge in [0.25, 0.3) is 5.56 Å². The molecule has 0 aliphatic carbocycles. The van der Waals surface area contributed by atoms with Crippen molar-refractivity contribution in [3.05, 3.63) is 82.5 Å². The summed E-state index contributed by atoms with van der Waals surface area (Å²) >= 11 is 0. The second-order valence-electron chi connectivity index (χ2n) is 5.68. The number of nitrogens with zero attached hydrogens (tertiary/aromatic N) is 3. The van der Waals surface area contributed by atoms with Gasteiger partial charge in [0.05, 0.1) is 5.69 Å². The minimum absolute atomic E-state index is 0.171. The molecule has 25 heavy (non-hydrogen) atoms. The lowest BCUT2D eigenvalue weighted by Gasteiger charge is -2.05. The van der Waals surface area contributed by atoms with E-state index in [4.69, 9.17) is 4.74 Å². The maximum Gasteiger partial charge on any atom is 0.273 e. The standard InChI is InChI=1S/C19H16N4O2/c1-13-18(14-7-3-2-4-8-14)19-21-15(11-17(24)23(19)22-13)12-25-16-9-5-6-10-20-16/h2-11,22H,12H2,1H3. The number of aromatic amines is 1. The number of fused-ring (bicyclic) bond motifs is 1. The molecule has 1 N–H and O–H groups in total. The van der Waals surface area contributed by atoms with Crippen LogP contribution in [-0.2, 0) is 6.61 Å². The molecule has 6 nitrogen and oxygen atoms in total. The zero-order valence-electron chi connectivity index (χ0n) is 13.6. The fourth-order valence-corrected chi connectivity index (χ4v) is 2.80. The summed E-state index contributed by atoms with van der Waals surface area (Å²) in [5.41, 5.74) is 3.79. The average molecular weight is 332 g/mol. The Morgan fingerprint density at radius 3 is 2.68 bits per heavy atom. The zero-order chi connectivity index (χ0) is 17.2. The normalized spacial score (nSPS) is 10.9. The Morgan fingerprint density at radius 2 is 1.92 bits per heavy atom. The number of aryl methyl sites for hydroxylation is 1. The lowest BCUT2D eigenvalue weighted by atomic mass is 10.1. The van der Waals surface area contributed by atoms with Crippen molar-refractivity contribution in [3.8, 4) is 17.0 Å². The number of rotatable bonds is 4. The van der Waals surface area contributed by atoms with Crippen LogP contribution in [-0.4, -0.2) is 19.6 Å². The van der Waals surface area contributed by atoms with Crippen molar-refractivity contribution < 1.29 is 4.74 Å². The predicted molar refractivity (Wildman–Crippen MR) is 94.6 cm³/mol. The van der Waals surface area contributed by atoms with Gasteiger partial charge in [0.2, 0.25) is 5.88 Å². The first kappa shape index (κ1) is 15.1. The van der Waals surface area contributed by atoms with Crippen LogP contribution in [0.5, 0.6) is 5.88 Å². The van der Waals surface area contributed by atoms with Crippen molar-refractivity contribution in [2.24, 2.45) is 0 Å². The number of aromatic nitrogens is 4.